The van der Waals surface area contributed by atoms with E-state index in [2.05, 4.69) is 0 Å². The van der Waals surface area contributed by atoms with Gasteiger partial charge in [-0.25, -0.2) is 0 Å². The van der Waals surface area contributed by atoms with Crippen molar-refractivity contribution in [2.45, 2.75) is 0 Å². The molecule has 3 aromatic heterocycles. The molecule has 22 aromatic carbocycles. The van der Waals surface area contributed by atoms with Crippen molar-refractivity contribution in [1.29, 1.82) is 0 Å². The van der Waals surface area contributed by atoms with E-state index in [1.165, 1.54) is 0 Å². The van der Waals surface area contributed by atoms with Crippen molar-refractivity contribution in [3.63, 3.8) is 0 Å². The minimum Gasteiger partial charge on any atom is -0.456 e. The van der Waals surface area contributed by atoms with Gasteiger partial charge in [-0.2, -0.15) is 0 Å². The molecule has 25 rings (SSSR count). The molecule has 3 heterocycles. The fraction of sp³-hybridized carbons (Fsp3) is 0. The predicted octanol–water partition coefficient (Wildman–Crippen LogP) is 34.3. The first-order valence-corrected chi connectivity index (χ1v) is 36.0. The fourth-order valence-electron chi connectivity index (χ4n) is 14.3. The van der Waals surface area contributed by atoms with Crippen LogP contribution in [0, 0.1) is 0 Å². The van der Waals surface area contributed by atoms with Gasteiger partial charge in [0.15, 0.2) is 0 Å². The van der Waals surface area contributed by atoms with Gasteiger partial charge in [-0.1, -0.05) is 387 Å². The normalized spacial score (nSPS) is 20.2. The summed E-state index contributed by atoms with van der Waals surface area (Å²) in [5.74, 6) is 0. The second-order valence-electron chi connectivity index (χ2n) is 26.0. The molecule has 0 aliphatic rings. The quantitative estimate of drug-likeness (QED) is 0.128. The number of rotatable bonds is 10. The molecule has 0 atom stereocenters. The van der Waals surface area contributed by atoms with Crippen molar-refractivity contribution < 1.29 is 117 Å². The molecule has 0 spiro atoms. The van der Waals surface area contributed by atoms with E-state index in [9.17, 15) is 31.5 Å². The van der Waals surface area contributed by atoms with Crippen LogP contribution in [0.2, 0.25) is 0 Å². The van der Waals surface area contributed by atoms with Gasteiger partial charge >= 0.3 is 0 Å². The topological polar surface area (TPSA) is 39.4 Å². The lowest BCUT2D eigenvalue weighted by molar-refractivity contribution is 0.668. The van der Waals surface area contributed by atoms with E-state index in [4.69, 9.17) is 85.9 Å². The summed E-state index contributed by atoms with van der Waals surface area (Å²) in [5, 5.41) is -11.3. The molecule has 0 aliphatic heterocycles. The van der Waals surface area contributed by atoms with Gasteiger partial charge in [-0.05, 0) is 248 Å². The van der Waals surface area contributed by atoms with E-state index in [-0.39, 0.29) is 0 Å². The minimum atomic E-state index is -0.992. The molecular formula is C120H76O3. The number of hydrogen-bond donors (Lipinski definition) is 0. The van der Waals surface area contributed by atoms with Crippen molar-refractivity contribution in [1.82, 2.24) is 0 Å². The number of hydrogen-bond acceptors (Lipinski definition) is 3. The molecule has 0 saturated heterocycles. The smallest absolute Gasteiger partial charge is 0.136 e. The maximum absolute atomic E-state index is 9.80. The Labute approximate surface area is 817 Å². The Morgan fingerprint density at radius 2 is 0.358 bits per heavy atom. The number of furan rings is 3. The average Bonchev–Trinajstić information content (AvgIpc) is 1.68. The van der Waals surface area contributed by atoms with Gasteiger partial charge in [0.2, 0.25) is 0 Å². The lowest BCUT2D eigenvalue weighted by atomic mass is 9.85. The van der Waals surface area contributed by atoms with E-state index in [1.54, 1.807) is 0 Å². The monoisotopic (exact) mass is 1640 g/mol. The van der Waals surface area contributed by atoms with Gasteiger partial charge in [0, 0.05) is 32.3 Å². The molecule has 25 aromatic rings. The standard InChI is InChI=1S/C44H28O.2C38H24O/c1-3-12-29(13-4-1)31-16-11-17-32(26-31)33-22-24-35-40-27-34(23-25-41(40)45-42(35)28-33)44-38-20-9-7-18-36(38)43(30-14-5-2-6-15-30)37-19-8-10-21-39(37)44;1-3-12-25(13-4-1)28-20-11-21-35-38(28)33-24-27(22-23-34(33)39-35)37-31-18-9-7-16-29(31)36(26-14-5-2-6-15-26)30-17-8-10-19-32(30)37;1-3-11-25(12-4-1)27-19-21-35-33(23-27)34-24-28(20-22-36(34)39-35)38-31-17-9-7-15-29(31)37(26-13-5-2-6-14-26)30-16-8-10-18-32(30)38/h1-28H;2*1-24H/i1D,2D,3D,4D,5D,6D,7D,8D,9D,10D,11D,12D,13D,14D,15D,16D,17D,18D,19D,20D,21D,22D,23D,24D,25D,26D,27D,28D;2*1D,2D,3D,4D,5D,6D,7D,8D,9D,10D,11D,12D,13D,14D,15D,16D,17D,18D,19D,20D,21D,22D,23D,24D. The van der Waals surface area contributed by atoms with Crippen molar-refractivity contribution in [2.75, 3.05) is 0 Å². The van der Waals surface area contributed by atoms with Gasteiger partial charge < -0.3 is 13.3 Å². The summed E-state index contributed by atoms with van der Waals surface area (Å²) in [6.07, 6.45) is 0. The van der Waals surface area contributed by atoms with Gasteiger partial charge in [0.1, 0.15) is 33.5 Å². The summed E-state index contributed by atoms with van der Waals surface area (Å²) >= 11 is 0. The molecule has 3 nitrogen and oxygen atoms in total. The Kier molecular flexibility index (Phi) is 7.10. The van der Waals surface area contributed by atoms with Crippen molar-refractivity contribution in [2.24, 2.45) is 0 Å². The third kappa shape index (κ3) is 12.8. The first-order valence-electron chi connectivity index (χ1n) is 74.0. The Bertz CT molecular complexity index is 13000. The van der Waals surface area contributed by atoms with E-state index < -0.39 is 701 Å². The first-order chi connectivity index (χ1) is 92.7. The second kappa shape index (κ2) is 30.6. The van der Waals surface area contributed by atoms with Crippen LogP contribution >= 0.6 is 0 Å². The highest BCUT2D eigenvalue weighted by Gasteiger charge is 2.24. The van der Waals surface area contributed by atoms with Gasteiger partial charge in [-0.3, -0.25) is 0 Å². The third-order valence-electron chi connectivity index (χ3n) is 19.3. The van der Waals surface area contributed by atoms with Gasteiger partial charge in [0.05, 0.1) is 104 Å². The van der Waals surface area contributed by atoms with Crippen molar-refractivity contribution >= 4 is 130 Å². The molecule has 3 heteroatoms. The van der Waals surface area contributed by atoms with Crippen LogP contribution in [0.25, 0.3) is 242 Å². The highest BCUT2D eigenvalue weighted by molar-refractivity contribution is 6.26. The summed E-state index contributed by atoms with van der Waals surface area (Å²) in [6.45, 7) is 0. The Morgan fingerprint density at radius 3 is 0.732 bits per heavy atom. The maximum atomic E-state index is 9.80. The minimum absolute atomic E-state index is 0.498. The molecule has 574 valence electrons. The summed E-state index contributed by atoms with van der Waals surface area (Å²) < 4.78 is 688. The first kappa shape index (κ1) is 28.5. The van der Waals surface area contributed by atoms with Gasteiger partial charge in [-0.15, -0.1) is 0 Å². The van der Waals surface area contributed by atoms with Crippen LogP contribution in [0.15, 0.2) is 472 Å². The fourth-order valence-corrected chi connectivity index (χ4v) is 14.3. The Hall–Kier alpha value is -16.2. The van der Waals surface area contributed by atoms with E-state index in [1.807, 2.05) is 0 Å². The molecule has 0 N–H and O–H groups in total. The van der Waals surface area contributed by atoms with Crippen LogP contribution in [0.1, 0.15) is 104 Å². The molecule has 0 unspecified atom stereocenters. The number of fused-ring (bicyclic) bond motifs is 15. The largest absolute Gasteiger partial charge is 0.456 e. The van der Waals surface area contributed by atoms with Crippen LogP contribution < -0.4 is 0 Å². The highest BCUT2D eigenvalue weighted by atomic mass is 16.3. The summed E-state index contributed by atoms with van der Waals surface area (Å²) in [7, 11) is 0. The molecule has 0 radical (unpaired) electrons. The zero-order valence-electron chi connectivity index (χ0n) is 137. The van der Waals surface area contributed by atoms with E-state index in [0.29, 0.717) is 0 Å². The van der Waals surface area contributed by atoms with E-state index >= 15 is 0 Å². The van der Waals surface area contributed by atoms with Crippen LogP contribution in [0.3, 0.4) is 0 Å². The summed E-state index contributed by atoms with van der Waals surface area (Å²) in [6, 6.07) is -68.6. The molecule has 123 heavy (non-hydrogen) atoms. The molecule has 0 saturated carbocycles. The Balaban J connectivity index is 0.000000154. The lowest BCUT2D eigenvalue weighted by Crippen LogP contribution is -1.90. The SMILES string of the molecule is [2H]c1c([2H])c([2H])c(-c2c([2H])c([2H])c([2H])c(-c3c([2H])c([2H])c4c(oc5c([2H])c([2H])c(-c6c7c([2H])c([2H])c([2H])c([2H])c7c(-c7c([2H])c([2H])c([2H])c([2H])c7[2H])c7c([2H])c([2H])c([2H])c([2H])c67)c([2H])c54)c3[2H])c2[2H])c([2H])c1[2H].[2H]c1c([2H])c([2H])c(-c2c([2H])c([2H])c3oc4c([2H])c([2H])c(-c5c6c([2H])c([2H])c([2H])c([2H])c6c(-c6c([2H])c([2H])c([2H])c([2H])c6[2H])c6c([2H])c([2H])c([2H])c([2H])c56)c([2H])c4c3c2[2H])c([2H])c1[2H].[2H]c1c([2H])c([2H])c(-c2c3c([2H])c([2H])c([2H])c([2H])c3c(-c3c([2H])c([2H])c4oc5c([2H])c([2H])c([2H])c(-c6c([2H])c([2H])c([2H])c([2H])c6[2H])c5c4c3[2H])c3c([2H])c([2H])c([2H])c([2H])c23)c([2H])c1[2H]. The van der Waals surface area contributed by atoms with Crippen LogP contribution in [0.4, 0.5) is 0 Å². The molecular weight excluding hydrogens is 1490 g/mol. The van der Waals surface area contributed by atoms with E-state index in [0.717, 1.165) is 0 Å². The molecule has 0 aliphatic carbocycles. The van der Waals surface area contributed by atoms with Crippen molar-refractivity contribution in [3.8, 4) is 111 Å². The average molecular weight is 1640 g/mol. The Morgan fingerprint density at radius 1 is 0.122 bits per heavy atom. The van der Waals surface area contributed by atoms with Gasteiger partial charge in [0.25, 0.3) is 0 Å². The third-order valence-corrected chi connectivity index (χ3v) is 19.3. The zero-order chi connectivity index (χ0) is 147. The van der Waals surface area contributed by atoms with Crippen LogP contribution in [-0.4, -0.2) is 0 Å². The molecule has 0 amide bonds. The molecule has 0 bridgehead atoms. The van der Waals surface area contributed by atoms with Crippen LogP contribution in [0.5, 0.6) is 0 Å². The maximum Gasteiger partial charge on any atom is 0.136 e. The zero-order valence-corrected chi connectivity index (χ0v) is 61.2. The predicted molar refractivity (Wildman–Crippen MR) is 521 cm³/mol. The highest BCUT2D eigenvalue weighted by Crippen LogP contribution is 2.50. The summed E-state index contributed by atoms with van der Waals surface area (Å²) in [5.41, 5.74) is -17.8. The lowest BCUT2D eigenvalue weighted by Gasteiger charge is -2.17. The second-order valence-corrected chi connectivity index (χ2v) is 26.0. The van der Waals surface area contributed by atoms with Crippen LogP contribution in [-0.2, 0) is 0 Å². The molecule has 0 fully saturated rings. The number of benzene rings is 22. The van der Waals surface area contributed by atoms with Crippen molar-refractivity contribution in [3.05, 3.63) is 459 Å². The summed E-state index contributed by atoms with van der Waals surface area (Å²) in [4.78, 5) is 0.